The Morgan fingerprint density at radius 1 is 0.385 bits per heavy atom. The van der Waals surface area contributed by atoms with Crippen LogP contribution in [0.2, 0.25) is 0 Å². The van der Waals surface area contributed by atoms with Crippen LogP contribution >= 0.6 is 0 Å². The molecule has 0 aromatic heterocycles. The predicted octanol–water partition coefficient (Wildman–Crippen LogP) is 4.09. The molecule has 0 fully saturated rings. The number of benzene rings is 2. The molecule has 0 saturated carbocycles. The molecule has 2 aromatic rings. The Bertz CT molecular complexity index is 894. The van der Waals surface area contributed by atoms with E-state index in [1.54, 1.807) is 0 Å². The van der Waals surface area contributed by atoms with Crippen molar-refractivity contribution in [3.8, 4) is 11.1 Å². The van der Waals surface area contributed by atoms with Gasteiger partial charge in [0.2, 0.25) is 0 Å². The monoisotopic (exact) mass is 350 g/mol. The fourth-order valence-corrected chi connectivity index (χ4v) is 5.34. The third kappa shape index (κ3) is 1.83. The minimum Gasteiger partial charge on any atom is -0.372 e. The van der Waals surface area contributed by atoms with Crippen molar-refractivity contribution < 1.29 is 18.9 Å². The first-order chi connectivity index (χ1) is 12.8. The van der Waals surface area contributed by atoms with Gasteiger partial charge in [-0.05, 0) is 80.6 Å². The summed E-state index contributed by atoms with van der Waals surface area (Å²) in [7, 11) is 0. The summed E-state index contributed by atoms with van der Waals surface area (Å²) in [5.41, 5.74) is 16.4. The second kappa shape index (κ2) is 5.40. The van der Waals surface area contributed by atoms with Crippen molar-refractivity contribution in [1.82, 2.24) is 0 Å². The highest BCUT2D eigenvalue weighted by atomic mass is 16.5. The number of hydrogen-bond donors (Lipinski definition) is 0. The molecule has 0 spiro atoms. The lowest BCUT2D eigenvalue weighted by Gasteiger charge is -2.22. The average Bonchev–Trinajstić information content (AvgIpc) is 3.42. The molecule has 4 heteroatoms. The Labute approximate surface area is 153 Å². The molecule has 0 N–H and O–H groups in total. The Morgan fingerprint density at radius 3 is 1.04 bits per heavy atom. The fourth-order valence-electron chi connectivity index (χ4n) is 5.34. The zero-order chi connectivity index (χ0) is 17.4. The smallest absolute Gasteiger partial charge is 0.0731 e. The molecule has 0 amide bonds. The van der Waals surface area contributed by atoms with Gasteiger partial charge < -0.3 is 18.9 Å². The first-order valence-electron chi connectivity index (χ1n) is 9.39. The summed E-state index contributed by atoms with van der Waals surface area (Å²) in [5.74, 6) is 0. The fraction of sp³-hybridized carbons (Fsp3) is 0.455. The lowest BCUT2D eigenvalue weighted by Crippen LogP contribution is -2.06. The molecule has 0 aliphatic carbocycles. The van der Waals surface area contributed by atoms with E-state index in [0.717, 1.165) is 13.2 Å². The van der Waals surface area contributed by atoms with E-state index in [0.29, 0.717) is 39.6 Å². The Morgan fingerprint density at radius 2 is 0.654 bits per heavy atom. The first kappa shape index (κ1) is 15.3. The van der Waals surface area contributed by atoms with E-state index in [4.69, 9.17) is 18.9 Å². The summed E-state index contributed by atoms with van der Waals surface area (Å²) in [6.45, 7) is 10.2. The van der Waals surface area contributed by atoms with Gasteiger partial charge in [0.15, 0.2) is 0 Å². The summed E-state index contributed by atoms with van der Waals surface area (Å²) in [4.78, 5) is 0. The van der Waals surface area contributed by atoms with E-state index in [1.165, 1.54) is 66.8 Å². The first-order valence-corrected chi connectivity index (χ1v) is 9.39. The van der Waals surface area contributed by atoms with E-state index in [2.05, 4.69) is 13.8 Å². The molecule has 26 heavy (non-hydrogen) atoms. The lowest BCUT2D eigenvalue weighted by atomic mass is 9.80. The largest absolute Gasteiger partial charge is 0.372 e. The number of hydrogen-bond acceptors (Lipinski definition) is 4. The van der Waals surface area contributed by atoms with Crippen LogP contribution in [0.25, 0.3) is 11.1 Å². The molecule has 6 rings (SSSR count). The van der Waals surface area contributed by atoms with Crippen molar-refractivity contribution in [3.63, 3.8) is 0 Å². The summed E-state index contributed by atoms with van der Waals surface area (Å²) in [6.07, 6.45) is 0. The van der Waals surface area contributed by atoms with Crippen LogP contribution in [0, 0.1) is 13.8 Å². The van der Waals surface area contributed by atoms with Gasteiger partial charge in [0.05, 0.1) is 52.9 Å². The predicted molar refractivity (Wildman–Crippen MR) is 95.3 cm³/mol. The number of ether oxygens (including phenoxy) is 4. The van der Waals surface area contributed by atoms with E-state index in [-0.39, 0.29) is 0 Å². The van der Waals surface area contributed by atoms with Crippen LogP contribution < -0.4 is 0 Å². The van der Waals surface area contributed by atoms with Gasteiger partial charge in [-0.25, -0.2) is 0 Å². The molecule has 0 saturated heterocycles. The van der Waals surface area contributed by atoms with Gasteiger partial charge in [0.25, 0.3) is 0 Å². The molecule has 0 radical (unpaired) electrons. The van der Waals surface area contributed by atoms with Crippen LogP contribution in [-0.4, -0.2) is 0 Å². The summed E-state index contributed by atoms with van der Waals surface area (Å²) >= 11 is 0. The van der Waals surface area contributed by atoms with E-state index in [1.807, 2.05) is 0 Å². The van der Waals surface area contributed by atoms with Gasteiger partial charge >= 0.3 is 0 Å². The minimum absolute atomic E-state index is 0.696. The SMILES string of the molecule is Cc1c2c(c3c(c1-c1c(C)c4c(c5c1COC5)COC4)COC3)COC2. The van der Waals surface area contributed by atoms with Crippen LogP contribution in [0.15, 0.2) is 0 Å². The van der Waals surface area contributed by atoms with Crippen molar-refractivity contribution in [1.29, 1.82) is 0 Å². The van der Waals surface area contributed by atoms with Crippen LogP contribution in [0.1, 0.15) is 55.6 Å². The van der Waals surface area contributed by atoms with Gasteiger partial charge in [0, 0.05) is 0 Å². The van der Waals surface area contributed by atoms with E-state index >= 15 is 0 Å². The van der Waals surface area contributed by atoms with E-state index in [9.17, 15) is 0 Å². The lowest BCUT2D eigenvalue weighted by molar-refractivity contribution is 0.126. The highest BCUT2D eigenvalue weighted by Gasteiger charge is 2.34. The molecule has 4 aliphatic heterocycles. The van der Waals surface area contributed by atoms with Crippen molar-refractivity contribution in [3.05, 3.63) is 55.6 Å². The molecule has 4 nitrogen and oxygen atoms in total. The Balaban J connectivity index is 1.72. The minimum atomic E-state index is 0.696. The van der Waals surface area contributed by atoms with Crippen LogP contribution in [-0.2, 0) is 71.8 Å². The average molecular weight is 350 g/mol. The van der Waals surface area contributed by atoms with E-state index < -0.39 is 0 Å². The summed E-state index contributed by atoms with van der Waals surface area (Å²) < 4.78 is 23.4. The molecule has 0 bridgehead atoms. The molecule has 0 unspecified atom stereocenters. The van der Waals surface area contributed by atoms with Gasteiger partial charge in [-0.2, -0.15) is 0 Å². The quantitative estimate of drug-likeness (QED) is 0.776. The maximum atomic E-state index is 5.90. The summed E-state index contributed by atoms with van der Waals surface area (Å²) in [5, 5.41) is 0. The molecule has 4 aliphatic rings. The highest BCUT2D eigenvalue weighted by Crippen LogP contribution is 2.47. The summed E-state index contributed by atoms with van der Waals surface area (Å²) in [6, 6.07) is 0. The van der Waals surface area contributed by atoms with Crippen molar-refractivity contribution in [2.45, 2.75) is 66.7 Å². The van der Waals surface area contributed by atoms with Crippen LogP contribution in [0.4, 0.5) is 0 Å². The van der Waals surface area contributed by atoms with Crippen LogP contribution in [0.5, 0.6) is 0 Å². The zero-order valence-electron chi connectivity index (χ0n) is 15.3. The van der Waals surface area contributed by atoms with Crippen molar-refractivity contribution in [2.24, 2.45) is 0 Å². The number of fused-ring (bicyclic) bond motifs is 6. The van der Waals surface area contributed by atoms with Gasteiger partial charge in [0.1, 0.15) is 0 Å². The third-order valence-corrected chi connectivity index (χ3v) is 6.67. The Kier molecular flexibility index (Phi) is 3.19. The maximum absolute atomic E-state index is 5.90. The molecule has 2 aromatic carbocycles. The maximum Gasteiger partial charge on any atom is 0.0731 e. The molecular weight excluding hydrogens is 328 g/mol. The third-order valence-electron chi connectivity index (χ3n) is 6.67. The second-order valence-electron chi connectivity index (χ2n) is 7.80. The van der Waals surface area contributed by atoms with Gasteiger partial charge in [-0.3, -0.25) is 0 Å². The number of rotatable bonds is 1. The Hall–Kier alpha value is -1.72. The normalized spacial score (nSPS) is 19.6. The molecular formula is C22H22O4. The standard InChI is InChI=1S/C22H22O4/c1-11-13-3-23-5-15(13)17-7-25-9-19(17)21(11)22-12(2)14-4-24-6-16(14)18-8-26-10-20(18)22/h3-10H2,1-2H3. The van der Waals surface area contributed by atoms with Crippen molar-refractivity contribution >= 4 is 0 Å². The van der Waals surface area contributed by atoms with Gasteiger partial charge in [-0.1, -0.05) is 0 Å². The molecule has 134 valence electrons. The topological polar surface area (TPSA) is 36.9 Å². The van der Waals surface area contributed by atoms with Crippen molar-refractivity contribution in [2.75, 3.05) is 0 Å². The highest BCUT2D eigenvalue weighted by molar-refractivity contribution is 5.83. The zero-order valence-corrected chi connectivity index (χ0v) is 15.3. The van der Waals surface area contributed by atoms with Gasteiger partial charge in [-0.15, -0.1) is 0 Å². The molecule has 0 atom stereocenters. The molecule has 4 heterocycles. The van der Waals surface area contributed by atoms with Crippen LogP contribution in [0.3, 0.4) is 0 Å². The second-order valence-corrected chi connectivity index (χ2v) is 7.80.